The van der Waals surface area contributed by atoms with Crippen LogP contribution in [-0.4, -0.2) is 24.1 Å². The Morgan fingerprint density at radius 1 is 0.618 bits per heavy atom. The number of para-hydroxylation sites is 2. The van der Waals surface area contributed by atoms with Gasteiger partial charge >= 0.3 is 0 Å². The summed E-state index contributed by atoms with van der Waals surface area (Å²) in [5.41, 5.74) is 7.10. The molecule has 34 heavy (non-hydrogen) atoms. The number of aromatic nitrogens is 5. The van der Waals surface area contributed by atoms with Crippen molar-refractivity contribution in [1.29, 1.82) is 0 Å². The molecule has 5 nitrogen and oxygen atoms in total. The van der Waals surface area contributed by atoms with Gasteiger partial charge in [0.15, 0.2) is 0 Å². The van der Waals surface area contributed by atoms with Crippen LogP contribution in [0.25, 0.3) is 55.7 Å². The Kier molecular flexibility index (Phi) is 4.08. The smallest absolute Gasteiger partial charge is 0.139 e. The Morgan fingerprint density at radius 2 is 1.38 bits per heavy atom. The van der Waals surface area contributed by atoms with Crippen molar-refractivity contribution < 1.29 is 0 Å². The normalized spacial score (nSPS) is 11.5. The fraction of sp³-hybridized carbons (Fsp3) is 0. The van der Waals surface area contributed by atoms with Gasteiger partial charge in [0.2, 0.25) is 0 Å². The molecule has 0 atom stereocenters. The van der Waals surface area contributed by atoms with Gasteiger partial charge in [0, 0.05) is 16.6 Å². The SMILES string of the molecule is c1ccc(-c2cccc(-n3c4cncnc4c4c5ccccc5n(-c5ccccc5)c43)n2)cc1. The second kappa shape index (κ2) is 7.39. The van der Waals surface area contributed by atoms with Gasteiger partial charge in [0.05, 0.1) is 28.3 Å². The highest BCUT2D eigenvalue weighted by atomic mass is 15.2. The van der Waals surface area contributed by atoms with Crippen LogP contribution in [0.15, 0.2) is 116 Å². The van der Waals surface area contributed by atoms with Gasteiger partial charge in [-0.1, -0.05) is 72.8 Å². The average molecular weight is 438 g/mol. The standard InChI is InChI=1S/C29H19N5/c1-3-10-20(11-4-1)23-15-9-17-26(32-23)34-25-18-30-19-31-28(25)27-22-14-7-8-16-24(22)33(29(27)34)21-12-5-2-6-13-21/h1-19H. The highest BCUT2D eigenvalue weighted by Crippen LogP contribution is 2.39. The molecule has 4 aromatic heterocycles. The number of hydrogen-bond acceptors (Lipinski definition) is 3. The van der Waals surface area contributed by atoms with Crippen molar-refractivity contribution in [2.24, 2.45) is 0 Å². The number of rotatable bonds is 3. The number of hydrogen-bond donors (Lipinski definition) is 0. The van der Waals surface area contributed by atoms with Gasteiger partial charge in [-0.3, -0.25) is 9.13 Å². The number of nitrogens with zero attached hydrogens (tertiary/aromatic N) is 5. The van der Waals surface area contributed by atoms with Crippen LogP contribution in [-0.2, 0) is 0 Å². The summed E-state index contributed by atoms with van der Waals surface area (Å²) in [7, 11) is 0. The highest BCUT2D eigenvalue weighted by Gasteiger charge is 2.23. The minimum absolute atomic E-state index is 0.830. The first-order valence-electron chi connectivity index (χ1n) is 11.2. The lowest BCUT2D eigenvalue weighted by Crippen LogP contribution is -2.04. The molecule has 3 aromatic carbocycles. The molecule has 0 saturated heterocycles. The van der Waals surface area contributed by atoms with Crippen LogP contribution >= 0.6 is 0 Å². The molecule has 0 bridgehead atoms. The molecular formula is C29H19N5. The molecule has 0 saturated carbocycles. The lowest BCUT2D eigenvalue weighted by molar-refractivity contribution is 1.02. The van der Waals surface area contributed by atoms with Gasteiger partial charge in [-0.05, 0) is 30.3 Å². The van der Waals surface area contributed by atoms with Crippen LogP contribution in [0.1, 0.15) is 0 Å². The maximum atomic E-state index is 5.08. The first kappa shape index (κ1) is 18.8. The van der Waals surface area contributed by atoms with Crippen molar-refractivity contribution in [3.8, 4) is 22.8 Å². The first-order chi connectivity index (χ1) is 16.9. The van der Waals surface area contributed by atoms with E-state index in [1.807, 2.05) is 42.6 Å². The fourth-order valence-corrected chi connectivity index (χ4v) is 4.85. The molecule has 0 amide bonds. The molecule has 0 aliphatic heterocycles. The third-order valence-electron chi connectivity index (χ3n) is 6.28. The van der Waals surface area contributed by atoms with Gasteiger partial charge in [-0.2, -0.15) is 0 Å². The van der Waals surface area contributed by atoms with Gasteiger partial charge in [-0.25, -0.2) is 15.0 Å². The van der Waals surface area contributed by atoms with E-state index in [1.54, 1.807) is 6.33 Å². The third-order valence-corrected chi connectivity index (χ3v) is 6.28. The Morgan fingerprint density at radius 3 is 2.24 bits per heavy atom. The summed E-state index contributed by atoms with van der Waals surface area (Å²) >= 11 is 0. The minimum atomic E-state index is 0.830. The van der Waals surface area contributed by atoms with Crippen LogP contribution in [0.2, 0.25) is 0 Å². The molecule has 160 valence electrons. The van der Waals surface area contributed by atoms with E-state index < -0.39 is 0 Å². The molecule has 5 heteroatoms. The van der Waals surface area contributed by atoms with E-state index >= 15 is 0 Å². The second-order valence-electron chi connectivity index (χ2n) is 8.23. The van der Waals surface area contributed by atoms with E-state index in [9.17, 15) is 0 Å². The molecule has 0 N–H and O–H groups in total. The van der Waals surface area contributed by atoms with Crippen LogP contribution in [0.3, 0.4) is 0 Å². The van der Waals surface area contributed by atoms with E-state index in [-0.39, 0.29) is 0 Å². The van der Waals surface area contributed by atoms with Crippen molar-refractivity contribution >= 4 is 33.0 Å². The van der Waals surface area contributed by atoms with Crippen molar-refractivity contribution in [2.45, 2.75) is 0 Å². The zero-order chi connectivity index (χ0) is 22.5. The summed E-state index contributed by atoms with van der Waals surface area (Å²) in [4.78, 5) is 14.2. The van der Waals surface area contributed by atoms with Crippen molar-refractivity contribution in [1.82, 2.24) is 24.1 Å². The summed E-state index contributed by atoms with van der Waals surface area (Å²) in [5, 5.41) is 2.26. The topological polar surface area (TPSA) is 48.5 Å². The Labute approximate surface area is 195 Å². The molecule has 7 aromatic rings. The van der Waals surface area contributed by atoms with E-state index in [0.29, 0.717) is 0 Å². The third kappa shape index (κ3) is 2.70. The Balaban J connectivity index is 1.65. The van der Waals surface area contributed by atoms with E-state index in [4.69, 9.17) is 9.97 Å². The second-order valence-corrected chi connectivity index (χ2v) is 8.23. The van der Waals surface area contributed by atoms with Crippen LogP contribution in [0.5, 0.6) is 0 Å². The van der Waals surface area contributed by atoms with Crippen molar-refractivity contribution in [2.75, 3.05) is 0 Å². The Bertz CT molecular complexity index is 1800. The molecule has 0 aliphatic carbocycles. The predicted molar refractivity (Wildman–Crippen MR) is 136 cm³/mol. The molecule has 0 aliphatic rings. The first-order valence-corrected chi connectivity index (χ1v) is 11.2. The number of benzene rings is 3. The molecule has 0 fully saturated rings. The summed E-state index contributed by atoms with van der Waals surface area (Å²) in [6.45, 7) is 0. The van der Waals surface area contributed by atoms with Crippen LogP contribution < -0.4 is 0 Å². The van der Waals surface area contributed by atoms with Crippen LogP contribution in [0.4, 0.5) is 0 Å². The summed E-state index contributed by atoms with van der Waals surface area (Å²) in [6.07, 6.45) is 3.50. The maximum Gasteiger partial charge on any atom is 0.139 e. The number of pyridine rings is 1. The monoisotopic (exact) mass is 437 g/mol. The van der Waals surface area contributed by atoms with Crippen LogP contribution in [0, 0.1) is 0 Å². The van der Waals surface area contributed by atoms with E-state index in [2.05, 4.69) is 80.8 Å². The van der Waals surface area contributed by atoms with E-state index in [1.165, 1.54) is 0 Å². The van der Waals surface area contributed by atoms with Gasteiger partial charge in [0.1, 0.15) is 23.3 Å². The molecule has 0 unspecified atom stereocenters. The maximum absolute atomic E-state index is 5.08. The molecule has 0 radical (unpaired) electrons. The minimum Gasteiger partial charge on any atom is -0.295 e. The lowest BCUT2D eigenvalue weighted by atomic mass is 10.1. The summed E-state index contributed by atoms with van der Waals surface area (Å²) in [6, 6.07) is 35.3. The van der Waals surface area contributed by atoms with Crippen molar-refractivity contribution in [3.63, 3.8) is 0 Å². The Hall–Kier alpha value is -4.77. The molecule has 0 spiro atoms. The van der Waals surface area contributed by atoms with Gasteiger partial charge in [-0.15, -0.1) is 0 Å². The summed E-state index contributed by atoms with van der Waals surface area (Å²) < 4.78 is 4.48. The average Bonchev–Trinajstić information content (AvgIpc) is 3.42. The van der Waals surface area contributed by atoms with Crippen molar-refractivity contribution in [3.05, 3.63) is 116 Å². The van der Waals surface area contributed by atoms with Gasteiger partial charge in [0.25, 0.3) is 0 Å². The molecule has 7 rings (SSSR count). The quantitative estimate of drug-likeness (QED) is 0.314. The fourth-order valence-electron chi connectivity index (χ4n) is 4.85. The zero-order valence-corrected chi connectivity index (χ0v) is 18.2. The lowest BCUT2D eigenvalue weighted by Gasteiger charge is -2.12. The summed E-state index contributed by atoms with van der Waals surface area (Å²) in [5.74, 6) is 0.830. The van der Waals surface area contributed by atoms with E-state index in [0.717, 1.165) is 55.7 Å². The van der Waals surface area contributed by atoms with Gasteiger partial charge < -0.3 is 0 Å². The predicted octanol–water partition coefficient (Wildman–Crippen LogP) is 6.58. The zero-order valence-electron chi connectivity index (χ0n) is 18.2. The number of fused-ring (bicyclic) bond motifs is 5. The largest absolute Gasteiger partial charge is 0.295 e. The highest BCUT2D eigenvalue weighted by molar-refractivity contribution is 6.20. The molecular weight excluding hydrogens is 418 g/mol. The molecule has 4 heterocycles.